The molecule has 1 fully saturated rings. The third kappa shape index (κ3) is 3.73. The van der Waals surface area contributed by atoms with E-state index < -0.39 is 6.04 Å². The Morgan fingerprint density at radius 3 is 2.75 bits per heavy atom. The number of nitrogens with two attached hydrogens (primary N) is 1. The second-order valence-corrected chi connectivity index (χ2v) is 4.18. The predicted octanol–water partition coefficient (Wildman–Crippen LogP) is -0.0124. The summed E-state index contributed by atoms with van der Waals surface area (Å²) in [6.45, 7) is 1.99. The number of likely N-dealkylation sites (N-methyl/N-ethyl adjacent to an activating group) is 1. The van der Waals surface area contributed by atoms with Crippen LogP contribution in [0.5, 0.6) is 0 Å². The van der Waals surface area contributed by atoms with E-state index in [4.69, 9.17) is 15.2 Å². The Morgan fingerprint density at radius 1 is 1.56 bits per heavy atom. The van der Waals surface area contributed by atoms with Crippen LogP contribution < -0.4 is 5.73 Å². The van der Waals surface area contributed by atoms with Crippen LogP contribution in [0.2, 0.25) is 0 Å². The minimum Gasteiger partial charge on any atom is -0.385 e. The predicted molar refractivity (Wildman–Crippen MR) is 61.1 cm³/mol. The quantitative estimate of drug-likeness (QED) is 0.721. The summed E-state index contributed by atoms with van der Waals surface area (Å²) < 4.78 is 10.2. The molecule has 1 aliphatic heterocycles. The van der Waals surface area contributed by atoms with Gasteiger partial charge in [-0.25, -0.2) is 0 Å². The Balaban J connectivity index is 2.38. The van der Waals surface area contributed by atoms with Crippen molar-refractivity contribution in [3.63, 3.8) is 0 Å². The van der Waals surface area contributed by atoms with E-state index in [0.29, 0.717) is 13.0 Å². The van der Waals surface area contributed by atoms with Gasteiger partial charge in [0.2, 0.25) is 5.91 Å². The number of amides is 1. The third-order valence-electron chi connectivity index (χ3n) is 3.04. The molecule has 1 amide bonds. The van der Waals surface area contributed by atoms with Crippen molar-refractivity contribution in [3.8, 4) is 0 Å². The van der Waals surface area contributed by atoms with Crippen molar-refractivity contribution in [1.29, 1.82) is 0 Å². The van der Waals surface area contributed by atoms with Gasteiger partial charge in [-0.05, 0) is 19.3 Å². The van der Waals surface area contributed by atoms with Gasteiger partial charge in [-0.15, -0.1) is 0 Å². The number of hydrogen-bond donors (Lipinski definition) is 1. The molecule has 5 heteroatoms. The van der Waals surface area contributed by atoms with E-state index in [1.165, 1.54) is 0 Å². The van der Waals surface area contributed by atoms with Gasteiger partial charge >= 0.3 is 0 Å². The molecule has 0 spiro atoms. The summed E-state index contributed by atoms with van der Waals surface area (Å²) >= 11 is 0. The molecule has 1 heterocycles. The highest BCUT2D eigenvalue weighted by atomic mass is 16.5. The van der Waals surface area contributed by atoms with Crippen molar-refractivity contribution in [3.05, 3.63) is 0 Å². The zero-order valence-corrected chi connectivity index (χ0v) is 10.1. The molecule has 1 saturated heterocycles. The normalized spacial score (nSPS) is 19.4. The summed E-state index contributed by atoms with van der Waals surface area (Å²) in [7, 11) is 3.43. The molecule has 0 saturated carbocycles. The summed E-state index contributed by atoms with van der Waals surface area (Å²) in [6.07, 6.45) is 2.38. The summed E-state index contributed by atoms with van der Waals surface area (Å²) in [4.78, 5) is 13.7. The Labute approximate surface area is 96.9 Å². The van der Waals surface area contributed by atoms with Gasteiger partial charge in [0.15, 0.2) is 0 Å². The van der Waals surface area contributed by atoms with Crippen molar-refractivity contribution < 1.29 is 14.3 Å². The second-order valence-electron chi connectivity index (χ2n) is 4.18. The molecule has 16 heavy (non-hydrogen) atoms. The SMILES string of the molecule is COCCC(N)C(=O)N(C)C1CCOCC1. The number of methoxy groups -OCH3 is 1. The number of nitrogens with zero attached hydrogens (tertiary/aromatic N) is 1. The fraction of sp³-hybridized carbons (Fsp3) is 0.909. The number of carbonyl (C=O) groups excluding carboxylic acids is 1. The summed E-state index contributed by atoms with van der Waals surface area (Å²) in [6, 6.07) is -0.178. The third-order valence-corrected chi connectivity index (χ3v) is 3.04. The Morgan fingerprint density at radius 2 is 2.19 bits per heavy atom. The van der Waals surface area contributed by atoms with Crippen molar-refractivity contribution in [2.45, 2.75) is 31.3 Å². The number of hydrogen-bond acceptors (Lipinski definition) is 4. The molecular weight excluding hydrogens is 208 g/mol. The Hall–Kier alpha value is -0.650. The van der Waals surface area contributed by atoms with Gasteiger partial charge in [-0.1, -0.05) is 0 Å². The molecule has 0 radical (unpaired) electrons. The first-order valence-corrected chi connectivity index (χ1v) is 5.75. The van der Waals surface area contributed by atoms with Crippen LogP contribution >= 0.6 is 0 Å². The van der Waals surface area contributed by atoms with Gasteiger partial charge in [0.05, 0.1) is 6.04 Å². The smallest absolute Gasteiger partial charge is 0.239 e. The first kappa shape index (κ1) is 13.4. The lowest BCUT2D eigenvalue weighted by atomic mass is 10.1. The van der Waals surface area contributed by atoms with E-state index in [9.17, 15) is 4.79 Å². The molecule has 1 unspecified atom stereocenters. The van der Waals surface area contributed by atoms with Crippen LogP contribution in [0.3, 0.4) is 0 Å². The maximum atomic E-state index is 12.0. The Bertz CT molecular complexity index is 217. The highest BCUT2D eigenvalue weighted by molar-refractivity contribution is 5.81. The van der Waals surface area contributed by atoms with Gasteiger partial charge in [0.1, 0.15) is 0 Å². The molecule has 2 N–H and O–H groups in total. The molecule has 0 aromatic carbocycles. The topological polar surface area (TPSA) is 64.8 Å². The summed E-state index contributed by atoms with van der Waals surface area (Å²) in [5.74, 6) is 0.00366. The fourth-order valence-corrected chi connectivity index (χ4v) is 1.88. The second kappa shape index (κ2) is 6.83. The monoisotopic (exact) mass is 230 g/mol. The summed E-state index contributed by atoms with van der Waals surface area (Å²) in [5.41, 5.74) is 5.81. The lowest BCUT2D eigenvalue weighted by molar-refractivity contribution is -0.135. The number of rotatable bonds is 5. The van der Waals surface area contributed by atoms with E-state index in [0.717, 1.165) is 26.1 Å². The van der Waals surface area contributed by atoms with Gasteiger partial charge in [-0.2, -0.15) is 0 Å². The van der Waals surface area contributed by atoms with Crippen LogP contribution in [0.25, 0.3) is 0 Å². The molecule has 1 atom stereocenters. The molecule has 0 bridgehead atoms. The number of ether oxygens (including phenoxy) is 2. The van der Waals surface area contributed by atoms with Crippen molar-refractivity contribution in [2.24, 2.45) is 5.73 Å². The van der Waals surface area contributed by atoms with Gasteiger partial charge in [0.25, 0.3) is 0 Å². The van der Waals surface area contributed by atoms with Crippen molar-refractivity contribution in [2.75, 3.05) is 34.0 Å². The van der Waals surface area contributed by atoms with Crippen LogP contribution in [0.4, 0.5) is 0 Å². The molecule has 94 valence electrons. The van der Waals surface area contributed by atoms with Crippen LogP contribution in [0, 0.1) is 0 Å². The van der Waals surface area contributed by atoms with E-state index in [1.807, 2.05) is 7.05 Å². The van der Waals surface area contributed by atoms with E-state index in [1.54, 1.807) is 12.0 Å². The zero-order chi connectivity index (χ0) is 12.0. The maximum Gasteiger partial charge on any atom is 0.239 e. The highest BCUT2D eigenvalue weighted by Crippen LogP contribution is 2.13. The van der Waals surface area contributed by atoms with Crippen molar-refractivity contribution in [1.82, 2.24) is 4.90 Å². The minimum atomic E-state index is -0.451. The molecule has 0 aliphatic carbocycles. The molecule has 0 aromatic rings. The van der Waals surface area contributed by atoms with Crippen LogP contribution in [-0.2, 0) is 14.3 Å². The van der Waals surface area contributed by atoms with Gasteiger partial charge < -0.3 is 20.1 Å². The zero-order valence-electron chi connectivity index (χ0n) is 10.1. The van der Waals surface area contributed by atoms with Crippen LogP contribution in [-0.4, -0.2) is 56.9 Å². The maximum absolute atomic E-state index is 12.0. The highest BCUT2D eigenvalue weighted by Gasteiger charge is 2.25. The lowest BCUT2D eigenvalue weighted by Crippen LogP contribution is -2.48. The fourth-order valence-electron chi connectivity index (χ4n) is 1.88. The minimum absolute atomic E-state index is 0.00366. The first-order valence-electron chi connectivity index (χ1n) is 5.75. The van der Waals surface area contributed by atoms with Crippen LogP contribution in [0.1, 0.15) is 19.3 Å². The Kier molecular flexibility index (Phi) is 5.73. The number of carbonyl (C=O) groups is 1. The van der Waals surface area contributed by atoms with Gasteiger partial charge in [0, 0.05) is 40.0 Å². The molecule has 1 aliphatic rings. The standard InChI is InChI=1S/C11H22N2O3/c1-13(9-3-7-16-8-4-9)11(14)10(12)5-6-15-2/h9-10H,3-8,12H2,1-2H3. The average molecular weight is 230 g/mol. The molecular formula is C11H22N2O3. The largest absolute Gasteiger partial charge is 0.385 e. The van der Waals surface area contributed by atoms with E-state index in [-0.39, 0.29) is 11.9 Å². The molecule has 1 rings (SSSR count). The summed E-state index contributed by atoms with van der Waals surface area (Å²) in [5, 5.41) is 0. The molecule has 5 nitrogen and oxygen atoms in total. The first-order chi connectivity index (χ1) is 7.66. The van der Waals surface area contributed by atoms with E-state index in [2.05, 4.69) is 0 Å². The average Bonchev–Trinajstić information content (AvgIpc) is 2.35. The van der Waals surface area contributed by atoms with Crippen molar-refractivity contribution >= 4 is 5.91 Å². The van der Waals surface area contributed by atoms with E-state index >= 15 is 0 Å². The molecule has 0 aromatic heterocycles. The lowest BCUT2D eigenvalue weighted by Gasteiger charge is -2.32. The van der Waals surface area contributed by atoms with Gasteiger partial charge in [-0.3, -0.25) is 4.79 Å². The van der Waals surface area contributed by atoms with Crippen LogP contribution in [0.15, 0.2) is 0 Å².